The number of rotatable bonds is 7. The maximum Gasteiger partial charge on any atom is 0.332 e. The molecule has 0 saturated heterocycles. The molecule has 0 radical (unpaired) electrons. The fourth-order valence-corrected chi connectivity index (χ4v) is 2.82. The highest BCUT2D eigenvalue weighted by atomic mass is 28.3. The fourth-order valence-electron chi connectivity index (χ4n) is 2.06. The van der Waals surface area contributed by atoms with Crippen LogP contribution in [0.4, 0.5) is 0 Å². The van der Waals surface area contributed by atoms with Gasteiger partial charge in [0, 0.05) is 27.8 Å². The fraction of sp³-hybridized carbons (Fsp3) is 0.533. The number of imidazole rings is 1. The summed E-state index contributed by atoms with van der Waals surface area (Å²) < 4.78 is 13.6. The van der Waals surface area contributed by atoms with Gasteiger partial charge < -0.3 is 9.47 Å². The lowest BCUT2D eigenvalue weighted by molar-refractivity contribution is 0.0873. The van der Waals surface area contributed by atoms with E-state index in [-0.39, 0.29) is 12.4 Å². The molecule has 2 rings (SSSR count). The molecule has 0 fully saturated rings. The summed E-state index contributed by atoms with van der Waals surface area (Å²) in [6.45, 7) is 7.77. The normalized spacial score (nSPS) is 12.4. The summed E-state index contributed by atoms with van der Waals surface area (Å²) >= 11 is 0. The predicted molar refractivity (Wildman–Crippen MR) is 92.9 cm³/mol. The third-order valence-electron chi connectivity index (χ3n) is 3.46. The summed E-state index contributed by atoms with van der Waals surface area (Å²) in [7, 11) is 2.11. The van der Waals surface area contributed by atoms with Crippen LogP contribution in [0.15, 0.2) is 17.3 Å². The van der Waals surface area contributed by atoms with Crippen molar-refractivity contribution in [1.29, 1.82) is 0 Å². The molecule has 0 aromatic carbocycles. The van der Waals surface area contributed by atoms with E-state index in [1.165, 1.54) is 10.8 Å². The molecule has 7 nitrogen and oxygen atoms in total. The van der Waals surface area contributed by atoms with Gasteiger partial charge in [-0.05, 0) is 6.04 Å². The lowest BCUT2D eigenvalue weighted by atomic mass is 10.5. The number of methoxy groups -OCH3 is 1. The number of aromatic nitrogens is 4. The summed E-state index contributed by atoms with van der Waals surface area (Å²) in [5, 5.41) is 0. The summed E-state index contributed by atoms with van der Waals surface area (Å²) in [4.78, 5) is 21.0. The molecule has 0 saturated carbocycles. The monoisotopic (exact) mass is 336 g/mol. The molecule has 0 N–H and O–H groups in total. The third-order valence-corrected chi connectivity index (χ3v) is 5.17. The minimum Gasteiger partial charge on any atom is -0.504 e. The molecule has 0 bridgehead atoms. The number of hydrogen-bond acceptors (Lipinski definition) is 5. The first kappa shape index (κ1) is 17.4. The van der Waals surface area contributed by atoms with Crippen LogP contribution in [0.5, 0.6) is 0 Å². The molecule has 0 atom stereocenters. The Hall–Kier alpha value is -1.93. The number of hydrogen-bond donors (Lipinski definition) is 0. The van der Waals surface area contributed by atoms with E-state index in [4.69, 9.17) is 9.47 Å². The molecular formula is C15H24N4O3Si. The average Bonchev–Trinajstić information content (AvgIpc) is 2.73. The van der Waals surface area contributed by atoms with Crippen molar-refractivity contribution in [2.45, 2.75) is 32.4 Å². The van der Waals surface area contributed by atoms with Crippen molar-refractivity contribution < 1.29 is 9.47 Å². The largest absolute Gasteiger partial charge is 0.504 e. The minimum atomic E-state index is -1.14. The van der Waals surface area contributed by atoms with E-state index in [1.807, 2.05) is 0 Å². The molecule has 0 amide bonds. The molecular weight excluding hydrogens is 312 g/mol. The van der Waals surface area contributed by atoms with Crippen molar-refractivity contribution in [1.82, 2.24) is 19.1 Å². The Morgan fingerprint density at radius 2 is 2.09 bits per heavy atom. The van der Waals surface area contributed by atoms with E-state index < -0.39 is 8.07 Å². The van der Waals surface area contributed by atoms with Crippen LogP contribution in [0.2, 0.25) is 25.7 Å². The van der Waals surface area contributed by atoms with E-state index in [9.17, 15) is 4.79 Å². The highest BCUT2D eigenvalue weighted by Crippen LogP contribution is 2.11. The first-order valence-corrected chi connectivity index (χ1v) is 11.2. The Labute approximate surface area is 136 Å². The lowest BCUT2D eigenvalue weighted by Gasteiger charge is -2.15. The van der Waals surface area contributed by atoms with Crippen LogP contribution < -0.4 is 5.69 Å². The number of nitrogens with zero attached hydrogens (tertiary/aromatic N) is 4. The van der Waals surface area contributed by atoms with E-state index in [0.29, 0.717) is 23.6 Å². The molecule has 126 valence electrons. The Bertz CT molecular complexity index is 758. The van der Waals surface area contributed by atoms with Gasteiger partial charge in [0.15, 0.2) is 11.5 Å². The van der Waals surface area contributed by atoms with Gasteiger partial charge in [0.25, 0.3) is 0 Å². The van der Waals surface area contributed by atoms with Crippen molar-refractivity contribution in [3.05, 3.63) is 28.8 Å². The van der Waals surface area contributed by atoms with Crippen LogP contribution in [0.1, 0.15) is 5.82 Å². The quantitative estimate of drug-likeness (QED) is 0.440. The molecule has 0 unspecified atom stereocenters. The molecule has 8 heteroatoms. The summed E-state index contributed by atoms with van der Waals surface area (Å²) in [5.41, 5.74) is 1.09. The van der Waals surface area contributed by atoms with Gasteiger partial charge in [0.05, 0.1) is 19.6 Å². The molecule has 2 aromatic rings. The van der Waals surface area contributed by atoms with E-state index in [2.05, 4.69) is 29.6 Å². The average molecular weight is 336 g/mol. The minimum absolute atomic E-state index is 0.157. The van der Waals surface area contributed by atoms with Crippen molar-refractivity contribution in [3.8, 4) is 0 Å². The number of fused-ring (bicyclic) bond motifs is 1. The third kappa shape index (κ3) is 4.29. The zero-order valence-electron chi connectivity index (χ0n) is 14.4. The van der Waals surface area contributed by atoms with Gasteiger partial charge in [-0.25, -0.2) is 14.8 Å². The SMILES string of the molecule is COC=Cc1ncc2c(n1)n(C)c(=O)n2COCC[Si](C)(C)C. The van der Waals surface area contributed by atoms with E-state index >= 15 is 0 Å². The number of aryl methyl sites for hydroxylation is 1. The molecule has 2 aromatic heterocycles. The Balaban J connectivity index is 2.22. The van der Waals surface area contributed by atoms with Crippen LogP contribution in [-0.4, -0.2) is 40.9 Å². The van der Waals surface area contributed by atoms with Gasteiger partial charge in [0.2, 0.25) is 0 Å². The van der Waals surface area contributed by atoms with Crippen molar-refractivity contribution in [3.63, 3.8) is 0 Å². The zero-order chi connectivity index (χ0) is 17.0. The maximum absolute atomic E-state index is 12.3. The molecule has 2 heterocycles. The lowest BCUT2D eigenvalue weighted by Crippen LogP contribution is -2.25. The first-order valence-electron chi connectivity index (χ1n) is 7.53. The van der Waals surface area contributed by atoms with Gasteiger partial charge in [0.1, 0.15) is 12.2 Å². The summed E-state index contributed by atoms with van der Waals surface area (Å²) in [6, 6.07) is 1.06. The van der Waals surface area contributed by atoms with Gasteiger partial charge in [-0.1, -0.05) is 19.6 Å². The molecule has 0 aliphatic rings. The van der Waals surface area contributed by atoms with Gasteiger partial charge in [-0.2, -0.15) is 0 Å². The van der Waals surface area contributed by atoms with Crippen LogP contribution >= 0.6 is 0 Å². The van der Waals surface area contributed by atoms with Crippen molar-refractivity contribution >= 4 is 25.3 Å². The molecule has 0 aliphatic heterocycles. The Morgan fingerprint density at radius 1 is 1.35 bits per heavy atom. The zero-order valence-corrected chi connectivity index (χ0v) is 15.4. The van der Waals surface area contributed by atoms with Crippen LogP contribution in [-0.2, 0) is 23.3 Å². The maximum atomic E-state index is 12.3. The number of ether oxygens (including phenoxy) is 2. The summed E-state index contributed by atoms with van der Waals surface area (Å²) in [5.74, 6) is 0.492. The van der Waals surface area contributed by atoms with Crippen LogP contribution in [0.25, 0.3) is 17.2 Å². The van der Waals surface area contributed by atoms with Crippen LogP contribution in [0.3, 0.4) is 0 Å². The Kier molecular flexibility index (Phi) is 5.37. The predicted octanol–water partition coefficient (Wildman–Crippen LogP) is 2.06. The Morgan fingerprint density at radius 3 is 2.74 bits per heavy atom. The van der Waals surface area contributed by atoms with Gasteiger partial charge in [-0.15, -0.1) is 0 Å². The van der Waals surface area contributed by atoms with Crippen molar-refractivity contribution in [2.24, 2.45) is 7.05 Å². The second-order valence-corrected chi connectivity index (χ2v) is 12.2. The summed E-state index contributed by atoms with van der Waals surface area (Å²) in [6.07, 6.45) is 4.78. The molecule has 0 aliphatic carbocycles. The van der Waals surface area contributed by atoms with E-state index in [0.717, 1.165) is 6.04 Å². The van der Waals surface area contributed by atoms with Gasteiger partial charge in [-0.3, -0.25) is 9.13 Å². The standard InChI is InChI=1S/C15H24N4O3Si/c1-18-14-12(10-16-13(17-14)6-7-21-2)19(15(18)20)11-22-8-9-23(3,4)5/h6-7,10H,8-9,11H2,1-5H3. The molecule has 0 spiro atoms. The topological polar surface area (TPSA) is 71.2 Å². The second kappa shape index (κ2) is 7.09. The smallest absolute Gasteiger partial charge is 0.332 e. The van der Waals surface area contributed by atoms with Gasteiger partial charge >= 0.3 is 5.69 Å². The van der Waals surface area contributed by atoms with E-state index in [1.54, 1.807) is 31.0 Å². The highest BCUT2D eigenvalue weighted by molar-refractivity contribution is 6.76. The molecule has 23 heavy (non-hydrogen) atoms. The van der Waals surface area contributed by atoms with Crippen molar-refractivity contribution in [2.75, 3.05) is 13.7 Å². The highest BCUT2D eigenvalue weighted by Gasteiger charge is 2.15. The second-order valence-electron chi connectivity index (χ2n) is 6.59. The van der Waals surface area contributed by atoms with Crippen LogP contribution in [0, 0.1) is 0 Å². The first-order chi connectivity index (χ1) is 10.8.